The first-order chi connectivity index (χ1) is 8.61. The van der Waals surface area contributed by atoms with E-state index in [0.717, 1.165) is 24.0 Å². The Hall–Kier alpha value is -1.68. The Kier molecular flexibility index (Phi) is 3.77. The van der Waals surface area contributed by atoms with Gasteiger partial charge in [-0.05, 0) is 36.0 Å². The lowest BCUT2D eigenvalue weighted by Crippen LogP contribution is -2.17. The normalized spacial score (nSPS) is 16.8. The second kappa shape index (κ2) is 5.31. The number of hydrogen-bond acceptors (Lipinski definition) is 3. The van der Waals surface area contributed by atoms with Crippen LogP contribution < -0.4 is 11.5 Å². The van der Waals surface area contributed by atoms with Crippen LogP contribution >= 0.6 is 0 Å². The van der Waals surface area contributed by atoms with Gasteiger partial charge in [0, 0.05) is 24.9 Å². The van der Waals surface area contributed by atoms with Crippen LogP contribution in [-0.4, -0.2) is 11.7 Å². The summed E-state index contributed by atoms with van der Waals surface area (Å²) in [5.74, 6) is 0.247. The third kappa shape index (κ3) is 2.59. The van der Waals surface area contributed by atoms with Gasteiger partial charge in [-0.15, -0.1) is 0 Å². The van der Waals surface area contributed by atoms with Crippen molar-refractivity contribution >= 4 is 11.7 Å². The summed E-state index contributed by atoms with van der Waals surface area (Å²) in [5, 5.41) is 0. The van der Waals surface area contributed by atoms with Gasteiger partial charge in [-0.2, -0.15) is 0 Å². The first-order valence-corrected chi connectivity index (χ1v) is 6.26. The summed E-state index contributed by atoms with van der Waals surface area (Å²) in [6.07, 6.45) is 2.99. The summed E-state index contributed by atoms with van der Waals surface area (Å²) in [4.78, 5) is 22.6. The minimum absolute atomic E-state index is 0.307. The molecule has 0 atom stereocenters. The van der Waals surface area contributed by atoms with Crippen LogP contribution in [-0.2, 0) is 11.3 Å². The maximum Gasteiger partial charge on any atom is 0.249 e. The molecule has 0 unspecified atom stereocenters. The third-order valence-electron chi connectivity index (χ3n) is 3.63. The first-order valence-electron chi connectivity index (χ1n) is 6.26. The monoisotopic (exact) mass is 246 g/mol. The van der Waals surface area contributed by atoms with Crippen molar-refractivity contribution in [2.45, 2.75) is 38.1 Å². The molecule has 0 aromatic heterocycles. The van der Waals surface area contributed by atoms with Gasteiger partial charge >= 0.3 is 0 Å². The SMILES string of the molecule is NCc1ccc(C2CCC(=O)CC2)cc1C(N)=O. The highest BCUT2D eigenvalue weighted by Gasteiger charge is 2.21. The fraction of sp³-hybridized carbons (Fsp3) is 0.429. The van der Waals surface area contributed by atoms with Crippen molar-refractivity contribution in [3.8, 4) is 0 Å². The summed E-state index contributed by atoms with van der Waals surface area (Å²) in [6, 6.07) is 5.70. The predicted molar refractivity (Wildman–Crippen MR) is 69.1 cm³/mol. The van der Waals surface area contributed by atoms with E-state index in [0.29, 0.717) is 36.7 Å². The van der Waals surface area contributed by atoms with Crippen LogP contribution in [0.3, 0.4) is 0 Å². The van der Waals surface area contributed by atoms with E-state index in [4.69, 9.17) is 11.5 Å². The van der Waals surface area contributed by atoms with Crippen LogP contribution in [0.15, 0.2) is 18.2 Å². The van der Waals surface area contributed by atoms with Gasteiger partial charge in [-0.1, -0.05) is 12.1 Å². The summed E-state index contributed by atoms with van der Waals surface area (Å²) < 4.78 is 0. The van der Waals surface area contributed by atoms with Gasteiger partial charge in [0.05, 0.1) is 0 Å². The van der Waals surface area contributed by atoms with Crippen molar-refractivity contribution in [3.05, 3.63) is 34.9 Å². The van der Waals surface area contributed by atoms with Gasteiger partial charge in [0.2, 0.25) is 5.91 Å². The highest BCUT2D eigenvalue weighted by molar-refractivity contribution is 5.94. The number of benzene rings is 1. The maximum atomic E-state index is 11.4. The average molecular weight is 246 g/mol. The number of amides is 1. The second-order valence-electron chi connectivity index (χ2n) is 4.80. The zero-order valence-electron chi connectivity index (χ0n) is 10.3. The Morgan fingerprint density at radius 1 is 1.28 bits per heavy atom. The molecule has 0 bridgehead atoms. The van der Waals surface area contributed by atoms with Crippen LogP contribution in [0.4, 0.5) is 0 Å². The molecule has 0 spiro atoms. The molecule has 18 heavy (non-hydrogen) atoms. The number of primary amides is 1. The minimum atomic E-state index is -0.441. The van der Waals surface area contributed by atoms with Gasteiger partial charge < -0.3 is 11.5 Å². The van der Waals surface area contributed by atoms with Crippen LogP contribution in [0.25, 0.3) is 0 Å². The highest BCUT2D eigenvalue weighted by atomic mass is 16.1. The Labute approximate surface area is 106 Å². The lowest BCUT2D eigenvalue weighted by Gasteiger charge is -2.22. The number of hydrogen-bond donors (Lipinski definition) is 2. The molecule has 1 aliphatic rings. The molecule has 1 aromatic carbocycles. The van der Waals surface area contributed by atoms with Crippen molar-refractivity contribution < 1.29 is 9.59 Å². The van der Waals surface area contributed by atoms with E-state index in [1.54, 1.807) is 0 Å². The lowest BCUT2D eigenvalue weighted by molar-refractivity contribution is -0.120. The summed E-state index contributed by atoms with van der Waals surface area (Å²) in [5.41, 5.74) is 13.3. The Morgan fingerprint density at radius 3 is 2.50 bits per heavy atom. The van der Waals surface area contributed by atoms with Crippen LogP contribution in [0.5, 0.6) is 0 Å². The third-order valence-corrected chi connectivity index (χ3v) is 3.63. The van der Waals surface area contributed by atoms with E-state index < -0.39 is 5.91 Å². The molecule has 0 heterocycles. The van der Waals surface area contributed by atoms with E-state index in [-0.39, 0.29) is 0 Å². The fourth-order valence-electron chi connectivity index (χ4n) is 2.53. The van der Waals surface area contributed by atoms with Gasteiger partial charge in [0.1, 0.15) is 5.78 Å². The van der Waals surface area contributed by atoms with Crippen molar-refractivity contribution in [2.75, 3.05) is 0 Å². The molecule has 1 saturated carbocycles. The molecule has 1 amide bonds. The molecule has 4 heteroatoms. The quantitative estimate of drug-likeness (QED) is 0.846. The van der Waals surface area contributed by atoms with Crippen molar-refractivity contribution in [2.24, 2.45) is 11.5 Å². The molecule has 4 nitrogen and oxygen atoms in total. The van der Waals surface area contributed by atoms with Gasteiger partial charge in [-0.25, -0.2) is 0 Å². The Balaban J connectivity index is 2.26. The Bertz CT molecular complexity index is 473. The summed E-state index contributed by atoms with van der Waals surface area (Å²) in [6.45, 7) is 0.307. The minimum Gasteiger partial charge on any atom is -0.366 e. The smallest absolute Gasteiger partial charge is 0.249 e. The molecule has 2 rings (SSSR count). The molecule has 1 aliphatic carbocycles. The fourth-order valence-corrected chi connectivity index (χ4v) is 2.53. The number of rotatable bonds is 3. The molecule has 0 saturated heterocycles. The molecule has 1 aromatic rings. The van der Waals surface area contributed by atoms with Crippen LogP contribution in [0, 0.1) is 0 Å². The topological polar surface area (TPSA) is 86.2 Å². The van der Waals surface area contributed by atoms with E-state index in [2.05, 4.69) is 0 Å². The van der Waals surface area contributed by atoms with E-state index >= 15 is 0 Å². The highest BCUT2D eigenvalue weighted by Crippen LogP contribution is 2.32. The molecule has 4 N–H and O–H groups in total. The number of carbonyl (C=O) groups excluding carboxylic acids is 2. The molecule has 0 radical (unpaired) electrons. The van der Waals surface area contributed by atoms with E-state index in [9.17, 15) is 9.59 Å². The molecular formula is C14H18N2O2. The van der Waals surface area contributed by atoms with Crippen LogP contribution in [0.1, 0.15) is 53.1 Å². The lowest BCUT2D eigenvalue weighted by atomic mass is 9.82. The summed E-state index contributed by atoms with van der Waals surface area (Å²) in [7, 11) is 0. The number of carbonyl (C=O) groups is 2. The van der Waals surface area contributed by atoms with Crippen LogP contribution in [0.2, 0.25) is 0 Å². The van der Waals surface area contributed by atoms with Gasteiger partial charge in [0.15, 0.2) is 0 Å². The number of ketones is 1. The summed E-state index contributed by atoms with van der Waals surface area (Å²) >= 11 is 0. The second-order valence-corrected chi connectivity index (χ2v) is 4.80. The maximum absolute atomic E-state index is 11.4. The first kappa shape index (κ1) is 12.8. The number of nitrogens with two attached hydrogens (primary N) is 2. The zero-order chi connectivity index (χ0) is 13.1. The zero-order valence-corrected chi connectivity index (χ0v) is 10.3. The molecule has 1 fully saturated rings. The van der Waals surface area contributed by atoms with E-state index in [1.807, 2.05) is 18.2 Å². The molecule has 96 valence electrons. The van der Waals surface area contributed by atoms with Crippen molar-refractivity contribution in [1.29, 1.82) is 0 Å². The van der Waals surface area contributed by atoms with E-state index in [1.165, 1.54) is 0 Å². The molecule has 0 aliphatic heterocycles. The number of Topliss-reactive ketones (excluding diaryl/α,β-unsaturated/α-hetero) is 1. The average Bonchev–Trinajstić information content (AvgIpc) is 2.39. The predicted octanol–water partition coefficient (Wildman–Crippen LogP) is 1.47. The largest absolute Gasteiger partial charge is 0.366 e. The van der Waals surface area contributed by atoms with Gasteiger partial charge in [-0.3, -0.25) is 9.59 Å². The molecular weight excluding hydrogens is 228 g/mol. The van der Waals surface area contributed by atoms with Gasteiger partial charge in [0.25, 0.3) is 0 Å². The van der Waals surface area contributed by atoms with Crippen molar-refractivity contribution in [1.82, 2.24) is 0 Å². The Morgan fingerprint density at radius 2 is 1.94 bits per heavy atom. The standard InChI is InChI=1S/C14H18N2O2/c15-8-11-2-1-10(7-13(11)14(16)18)9-3-5-12(17)6-4-9/h1-2,7,9H,3-6,8,15H2,(H2,16,18). The van der Waals surface area contributed by atoms with Crippen molar-refractivity contribution in [3.63, 3.8) is 0 Å².